The van der Waals surface area contributed by atoms with Gasteiger partial charge in [-0.05, 0) is 18.4 Å². The van der Waals surface area contributed by atoms with E-state index in [2.05, 4.69) is 10.0 Å². The van der Waals surface area contributed by atoms with Crippen molar-refractivity contribution in [3.63, 3.8) is 0 Å². The van der Waals surface area contributed by atoms with Crippen molar-refractivity contribution in [3.8, 4) is 0 Å². The smallest absolute Gasteiger partial charge is 0.324 e. The van der Waals surface area contributed by atoms with Gasteiger partial charge in [-0.15, -0.1) is 0 Å². The van der Waals surface area contributed by atoms with Gasteiger partial charge < -0.3 is 9.42 Å². The molecule has 0 radical (unpaired) electrons. The number of nitrogens with zero attached hydrogens (tertiary/aromatic N) is 3. The normalized spacial score (nSPS) is 14.5. The van der Waals surface area contributed by atoms with Crippen molar-refractivity contribution in [2.45, 2.75) is 45.2 Å². The minimum Gasteiger partial charge on any atom is -0.324 e. The summed E-state index contributed by atoms with van der Waals surface area (Å²) in [6.45, 7) is 4.16. The summed E-state index contributed by atoms with van der Waals surface area (Å²) in [5.74, 6) is 0. The summed E-state index contributed by atoms with van der Waals surface area (Å²) in [5.41, 5.74) is 7.68. The molecule has 1 atom stereocenters. The average Bonchev–Trinajstić information content (AvgIpc) is 2.21. The van der Waals surface area contributed by atoms with Gasteiger partial charge in [-0.1, -0.05) is 31.8 Å². The van der Waals surface area contributed by atoms with E-state index in [1.165, 1.54) is 0 Å². The summed E-state index contributed by atoms with van der Waals surface area (Å²) in [6.07, 6.45) is 3.47. The molecule has 0 saturated heterocycles. The summed E-state index contributed by atoms with van der Waals surface area (Å²) < 4.78 is 16.3. The molecule has 6 nitrogen and oxygen atoms in total. The number of rotatable bonds is 9. The van der Waals surface area contributed by atoms with Gasteiger partial charge in [0.15, 0.2) is 0 Å². The highest BCUT2D eigenvalue weighted by atomic mass is 31.2. The van der Waals surface area contributed by atoms with Crippen molar-refractivity contribution >= 4 is 7.60 Å². The fourth-order valence-corrected chi connectivity index (χ4v) is 1.72. The van der Waals surface area contributed by atoms with E-state index in [1.807, 2.05) is 0 Å². The van der Waals surface area contributed by atoms with Crippen LogP contribution in [0, 0.1) is 0 Å². The molecule has 94 valence electrons. The zero-order valence-electron chi connectivity index (χ0n) is 9.87. The lowest BCUT2D eigenvalue weighted by atomic mass is 10.2. The van der Waals surface area contributed by atoms with Crippen LogP contribution in [0.2, 0.25) is 0 Å². The minimum atomic E-state index is -3.40. The van der Waals surface area contributed by atoms with Crippen LogP contribution in [0.25, 0.3) is 10.4 Å². The fourth-order valence-electron chi connectivity index (χ4n) is 1.03. The molecule has 0 aliphatic rings. The minimum absolute atomic E-state index is 0.313. The Bertz CT molecular complexity index is 277. The standard InChI is InChI=1S/C9H20N3O3P/c1-9(2)16(13,14)15-8-6-4-3-5-7-11-12-10/h9H,3-8H2,1-2H3,(H,13,14). The van der Waals surface area contributed by atoms with Gasteiger partial charge in [-0.2, -0.15) is 0 Å². The fraction of sp³-hybridized carbons (Fsp3) is 1.00. The summed E-state index contributed by atoms with van der Waals surface area (Å²) in [4.78, 5) is 12.0. The van der Waals surface area contributed by atoms with E-state index in [1.54, 1.807) is 13.8 Å². The lowest BCUT2D eigenvalue weighted by Gasteiger charge is -2.14. The Morgan fingerprint density at radius 3 is 2.56 bits per heavy atom. The van der Waals surface area contributed by atoms with Gasteiger partial charge in [-0.25, -0.2) is 0 Å². The molecule has 1 N–H and O–H groups in total. The van der Waals surface area contributed by atoms with Gasteiger partial charge in [0.2, 0.25) is 0 Å². The Morgan fingerprint density at radius 2 is 2.00 bits per heavy atom. The van der Waals surface area contributed by atoms with E-state index >= 15 is 0 Å². The summed E-state index contributed by atoms with van der Waals surface area (Å²) in [6, 6.07) is 0. The molecule has 0 bridgehead atoms. The SMILES string of the molecule is CC(C)P(=O)(O)OCCCCCCN=[N+]=[N-]. The molecule has 0 heterocycles. The summed E-state index contributed by atoms with van der Waals surface area (Å²) in [7, 11) is -3.40. The molecule has 0 aliphatic heterocycles. The van der Waals surface area contributed by atoms with E-state index in [0.717, 1.165) is 25.7 Å². The Labute approximate surface area is 96.2 Å². The van der Waals surface area contributed by atoms with Gasteiger partial charge in [0.25, 0.3) is 0 Å². The number of hydrogen-bond acceptors (Lipinski definition) is 3. The zero-order chi connectivity index (χ0) is 12.4. The van der Waals surface area contributed by atoms with Crippen molar-refractivity contribution in [2.75, 3.05) is 13.2 Å². The summed E-state index contributed by atoms with van der Waals surface area (Å²) >= 11 is 0. The molecule has 0 aromatic rings. The summed E-state index contributed by atoms with van der Waals surface area (Å²) in [5, 5.41) is 3.42. The molecule has 16 heavy (non-hydrogen) atoms. The highest BCUT2D eigenvalue weighted by molar-refractivity contribution is 7.53. The quantitative estimate of drug-likeness (QED) is 0.223. The number of hydrogen-bond donors (Lipinski definition) is 1. The van der Waals surface area contributed by atoms with Crippen molar-refractivity contribution in [2.24, 2.45) is 5.11 Å². The van der Waals surface area contributed by atoms with Crippen LogP contribution in [-0.4, -0.2) is 23.7 Å². The highest BCUT2D eigenvalue weighted by Gasteiger charge is 2.23. The average molecular weight is 249 g/mol. The molecule has 0 fully saturated rings. The van der Waals surface area contributed by atoms with Gasteiger partial charge in [0.05, 0.1) is 12.3 Å². The maximum atomic E-state index is 11.4. The lowest BCUT2D eigenvalue weighted by Crippen LogP contribution is -2.02. The molecule has 0 spiro atoms. The molecule has 0 saturated carbocycles. The zero-order valence-corrected chi connectivity index (χ0v) is 10.8. The molecule has 0 aromatic heterocycles. The van der Waals surface area contributed by atoms with Crippen molar-refractivity contribution in [3.05, 3.63) is 10.4 Å². The Hall–Kier alpha value is -0.540. The third-order valence-electron chi connectivity index (χ3n) is 2.14. The monoisotopic (exact) mass is 249 g/mol. The first-order valence-electron chi connectivity index (χ1n) is 5.48. The molecule has 0 aliphatic carbocycles. The molecule has 1 unspecified atom stereocenters. The van der Waals surface area contributed by atoms with E-state index in [9.17, 15) is 9.46 Å². The first-order valence-corrected chi connectivity index (χ1v) is 7.13. The largest absolute Gasteiger partial charge is 0.330 e. The van der Waals surface area contributed by atoms with Gasteiger partial charge >= 0.3 is 7.60 Å². The van der Waals surface area contributed by atoms with Crippen LogP contribution in [0.5, 0.6) is 0 Å². The van der Waals surface area contributed by atoms with E-state index in [-0.39, 0.29) is 5.66 Å². The Balaban J connectivity index is 3.40. The lowest BCUT2D eigenvalue weighted by molar-refractivity contribution is 0.247. The second kappa shape index (κ2) is 8.59. The second-order valence-corrected chi connectivity index (χ2v) is 6.28. The van der Waals surface area contributed by atoms with E-state index in [0.29, 0.717) is 13.2 Å². The maximum absolute atomic E-state index is 11.4. The molecule has 0 amide bonds. The Morgan fingerprint density at radius 1 is 1.38 bits per heavy atom. The van der Waals surface area contributed by atoms with Crippen molar-refractivity contribution in [1.82, 2.24) is 0 Å². The molecular formula is C9H20N3O3P. The van der Waals surface area contributed by atoms with E-state index in [4.69, 9.17) is 10.1 Å². The first kappa shape index (κ1) is 15.5. The van der Waals surface area contributed by atoms with Crippen LogP contribution >= 0.6 is 7.60 Å². The van der Waals surface area contributed by atoms with Gasteiger partial charge in [-0.3, -0.25) is 4.57 Å². The topological polar surface area (TPSA) is 95.3 Å². The third-order valence-corrected chi connectivity index (χ3v) is 4.00. The second-order valence-electron chi connectivity index (χ2n) is 3.86. The molecule has 0 aromatic carbocycles. The third kappa shape index (κ3) is 7.71. The van der Waals surface area contributed by atoms with Crippen molar-refractivity contribution < 1.29 is 14.0 Å². The predicted octanol–water partition coefficient (Wildman–Crippen LogP) is 3.47. The van der Waals surface area contributed by atoms with Crippen molar-refractivity contribution in [1.29, 1.82) is 0 Å². The molecule has 7 heteroatoms. The van der Waals surface area contributed by atoms with Gasteiger partial charge in [0, 0.05) is 11.5 Å². The first-order chi connectivity index (χ1) is 7.50. The number of unbranched alkanes of at least 4 members (excludes halogenated alkanes) is 3. The van der Waals surface area contributed by atoms with Crippen LogP contribution in [0.15, 0.2) is 5.11 Å². The highest BCUT2D eigenvalue weighted by Crippen LogP contribution is 2.46. The van der Waals surface area contributed by atoms with Crippen LogP contribution in [0.1, 0.15) is 39.5 Å². The predicted molar refractivity (Wildman–Crippen MR) is 63.4 cm³/mol. The van der Waals surface area contributed by atoms with Crippen LogP contribution in [-0.2, 0) is 9.09 Å². The Kier molecular flexibility index (Phi) is 8.30. The van der Waals surface area contributed by atoms with E-state index < -0.39 is 7.60 Å². The van der Waals surface area contributed by atoms with Gasteiger partial charge in [0.1, 0.15) is 0 Å². The number of azide groups is 1. The maximum Gasteiger partial charge on any atom is 0.330 e. The molecule has 0 rings (SSSR count). The van der Waals surface area contributed by atoms with Crippen LogP contribution < -0.4 is 0 Å². The van der Waals surface area contributed by atoms with Crippen LogP contribution in [0.4, 0.5) is 0 Å². The molecular weight excluding hydrogens is 229 g/mol. The van der Waals surface area contributed by atoms with Crippen LogP contribution in [0.3, 0.4) is 0 Å².